The first kappa shape index (κ1) is 14.3. The van der Waals surface area contributed by atoms with Crippen molar-refractivity contribution in [3.63, 3.8) is 0 Å². The fourth-order valence-electron chi connectivity index (χ4n) is 1.35. The fourth-order valence-corrected chi connectivity index (χ4v) is 1.53. The van der Waals surface area contributed by atoms with E-state index in [0.29, 0.717) is 30.0 Å². The van der Waals surface area contributed by atoms with Gasteiger partial charge in [0, 0.05) is 12.6 Å². The van der Waals surface area contributed by atoms with Crippen molar-refractivity contribution in [2.45, 2.75) is 33.7 Å². The highest BCUT2D eigenvalue weighted by atomic mass is 35.5. The maximum atomic E-state index is 6.09. The van der Waals surface area contributed by atoms with Gasteiger partial charge in [0.2, 0.25) is 5.88 Å². The van der Waals surface area contributed by atoms with Gasteiger partial charge >= 0.3 is 0 Å². The lowest BCUT2D eigenvalue weighted by Gasteiger charge is -2.10. The minimum Gasteiger partial charge on any atom is -0.478 e. The van der Waals surface area contributed by atoms with Crippen LogP contribution in [0.3, 0.4) is 0 Å². The lowest BCUT2D eigenvalue weighted by atomic mass is 10.2. The van der Waals surface area contributed by atoms with Gasteiger partial charge in [-0.2, -0.15) is 0 Å². The molecule has 0 bridgehead atoms. The molecule has 0 spiro atoms. The van der Waals surface area contributed by atoms with Gasteiger partial charge in [-0.1, -0.05) is 32.4 Å². The van der Waals surface area contributed by atoms with Crippen molar-refractivity contribution >= 4 is 11.6 Å². The summed E-state index contributed by atoms with van der Waals surface area (Å²) in [4.78, 5) is 4.39. The molecule has 0 aliphatic carbocycles. The van der Waals surface area contributed by atoms with Crippen LogP contribution < -0.4 is 10.1 Å². The second kappa shape index (κ2) is 7.51. The zero-order valence-electron chi connectivity index (χ0n) is 10.8. The summed E-state index contributed by atoms with van der Waals surface area (Å²) < 4.78 is 5.48. The highest BCUT2D eigenvalue weighted by Gasteiger charge is 2.05. The molecule has 0 fully saturated rings. The molecule has 0 aliphatic heterocycles. The number of ether oxygens (including phenoxy) is 1. The average molecular weight is 257 g/mol. The summed E-state index contributed by atoms with van der Waals surface area (Å²) in [6.45, 7) is 8.73. The number of nitrogens with zero attached hydrogens (tertiary/aromatic N) is 1. The van der Waals surface area contributed by atoms with E-state index in [1.165, 1.54) is 0 Å². The highest BCUT2D eigenvalue weighted by Crippen LogP contribution is 2.18. The van der Waals surface area contributed by atoms with E-state index in [9.17, 15) is 0 Å². The van der Waals surface area contributed by atoms with Crippen LogP contribution in [-0.2, 0) is 6.54 Å². The van der Waals surface area contributed by atoms with Crippen molar-refractivity contribution in [2.75, 3.05) is 13.2 Å². The van der Waals surface area contributed by atoms with E-state index in [0.717, 1.165) is 18.7 Å². The molecular weight excluding hydrogens is 236 g/mol. The standard InChI is InChI=1S/C13H21ClN2O/c1-4-7-17-13-6-5-11(14)12(16-13)9-15-8-10(2)3/h5-6,10,15H,4,7-9H2,1-3H3. The Hall–Kier alpha value is -0.800. The molecule has 0 radical (unpaired) electrons. The van der Waals surface area contributed by atoms with Crippen LogP contribution in [0.5, 0.6) is 5.88 Å². The summed E-state index contributed by atoms with van der Waals surface area (Å²) in [7, 11) is 0. The Morgan fingerprint density at radius 3 is 2.82 bits per heavy atom. The Balaban J connectivity index is 2.56. The van der Waals surface area contributed by atoms with E-state index in [4.69, 9.17) is 16.3 Å². The SMILES string of the molecule is CCCOc1ccc(Cl)c(CNCC(C)C)n1. The molecule has 96 valence electrons. The topological polar surface area (TPSA) is 34.1 Å². The summed E-state index contributed by atoms with van der Waals surface area (Å²) in [5, 5.41) is 4.01. The van der Waals surface area contributed by atoms with Crippen molar-refractivity contribution in [2.24, 2.45) is 5.92 Å². The quantitative estimate of drug-likeness (QED) is 0.813. The van der Waals surface area contributed by atoms with Crippen LogP contribution >= 0.6 is 11.6 Å². The predicted octanol–water partition coefficient (Wildman–Crippen LogP) is 3.27. The molecule has 1 rings (SSSR count). The molecular formula is C13H21ClN2O. The van der Waals surface area contributed by atoms with Gasteiger partial charge in [0.1, 0.15) is 0 Å². The molecule has 3 nitrogen and oxygen atoms in total. The zero-order valence-corrected chi connectivity index (χ0v) is 11.5. The van der Waals surface area contributed by atoms with Crippen LogP contribution in [0.15, 0.2) is 12.1 Å². The van der Waals surface area contributed by atoms with Crippen molar-refractivity contribution in [3.8, 4) is 5.88 Å². The maximum Gasteiger partial charge on any atom is 0.213 e. The number of nitrogens with one attached hydrogen (secondary N) is 1. The number of hydrogen-bond acceptors (Lipinski definition) is 3. The first-order chi connectivity index (χ1) is 8.13. The molecule has 1 heterocycles. The van der Waals surface area contributed by atoms with Gasteiger partial charge in [0.25, 0.3) is 0 Å². The van der Waals surface area contributed by atoms with Crippen molar-refractivity contribution < 1.29 is 4.74 Å². The first-order valence-electron chi connectivity index (χ1n) is 6.12. The highest BCUT2D eigenvalue weighted by molar-refractivity contribution is 6.31. The summed E-state index contributed by atoms with van der Waals surface area (Å²) in [5.74, 6) is 1.27. The molecule has 0 saturated heterocycles. The van der Waals surface area contributed by atoms with Gasteiger partial charge in [0.05, 0.1) is 17.3 Å². The largest absolute Gasteiger partial charge is 0.478 e. The molecule has 0 saturated carbocycles. The summed E-state index contributed by atoms with van der Waals surface area (Å²) in [6, 6.07) is 3.65. The van der Waals surface area contributed by atoms with Crippen LogP contribution in [0.4, 0.5) is 0 Å². The molecule has 0 atom stereocenters. The van der Waals surface area contributed by atoms with Crippen molar-refractivity contribution in [1.29, 1.82) is 0 Å². The smallest absolute Gasteiger partial charge is 0.213 e. The lowest BCUT2D eigenvalue weighted by Crippen LogP contribution is -2.20. The molecule has 0 aliphatic rings. The maximum absolute atomic E-state index is 6.09. The first-order valence-corrected chi connectivity index (χ1v) is 6.50. The normalized spacial score (nSPS) is 10.9. The number of rotatable bonds is 7. The van der Waals surface area contributed by atoms with Gasteiger partial charge in [-0.25, -0.2) is 4.98 Å². The number of pyridine rings is 1. The summed E-state index contributed by atoms with van der Waals surface area (Å²) in [6.07, 6.45) is 0.977. The van der Waals surface area contributed by atoms with Crippen molar-refractivity contribution in [1.82, 2.24) is 10.3 Å². The molecule has 4 heteroatoms. The average Bonchev–Trinajstić information content (AvgIpc) is 2.29. The van der Waals surface area contributed by atoms with Crippen LogP contribution in [0.25, 0.3) is 0 Å². The lowest BCUT2D eigenvalue weighted by molar-refractivity contribution is 0.304. The molecule has 0 amide bonds. The van der Waals surface area contributed by atoms with E-state index >= 15 is 0 Å². The van der Waals surface area contributed by atoms with Crippen LogP contribution in [-0.4, -0.2) is 18.1 Å². The van der Waals surface area contributed by atoms with Crippen LogP contribution in [0.1, 0.15) is 32.9 Å². The van der Waals surface area contributed by atoms with Gasteiger partial charge < -0.3 is 10.1 Å². The Morgan fingerprint density at radius 1 is 1.41 bits per heavy atom. The molecule has 17 heavy (non-hydrogen) atoms. The molecule has 1 N–H and O–H groups in total. The third-order valence-corrected chi connectivity index (χ3v) is 2.54. The van der Waals surface area contributed by atoms with E-state index in [1.54, 1.807) is 0 Å². The Kier molecular flexibility index (Phi) is 6.30. The predicted molar refractivity (Wildman–Crippen MR) is 71.6 cm³/mol. The van der Waals surface area contributed by atoms with Crippen LogP contribution in [0.2, 0.25) is 5.02 Å². The zero-order chi connectivity index (χ0) is 12.7. The third kappa shape index (κ3) is 5.37. The van der Waals surface area contributed by atoms with Gasteiger partial charge in [-0.3, -0.25) is 0 Å². The van der Waals surface area contributed by atoms with Crippen LogP contribution in [0, 0.1) is 5.92 Å². The van der Waals surface area contributed by atoms with E-state index < -0.39 is 0 Å². The van der Waals surface area contributed by atoms with E-state index in [2.05, 4.69) is 31.1 Å². The number of halogens is 1. The minimum absolute atomic E-state index is 0.619. The summed E-state index contributed by atoms with van der Waals surface area (Å²) >= 11 is 6.09. The Morgan fingerprint density at radius 2 is 2.18 bits per heavy atom. The summed E-state index contributed by atoms with van der Waals surface area (Å²) in [5.41, 5.74) is 0.848. The minimum atomic E-state index is 0.619. The van der Waals surface area contributed by atoms with Gasteiger partial charge in [0.15, 0.2) is 0 Å². The fraction of sp³-hybridized carbons (Fsp3) is 0.615. The second-order valence-corrected chi connectivity index (χ2v) is 4.86. The van der Waals surface area contributed by atoms with Gasteiger partial charge in [-0.15, -0.1) is 0 Å². The van der Waals surface area contributed by atoms with E-state index in [1.807, 2.05) is 12.1 Å². The monoisotopic (exact) mass is 256 g/mol. The van der Waals surface area contributed by atoms with E-state index in [-0.39, 0.29) is 0 Å². The Bertz CT molecular complexity index is 342. The van der Waals surface area contributed by atoms with Gasteiger partial charge in [-0.05, 0) is 24.9 Å². The van der Waals surface area contributed by atoms with Crippen molar-refractivity contribution in [3.05, 3.63) is 22.8 Å². The third-order valence-electron chi connectivity index (χ3n) is 2.19. The molecule has 0 aromatic carbocycles. The number of aromatic nitrogens is 1. The molecule has 1 aromatic rings. The number of hydrogen-bond donors (Lipinski definition) is 1. The molecule has 1 aromatic heterocycles. The Labute approximate surface area is 109 Å². The molecule has 0 unspecified atom stereocenters. The second-order valence-electron chi connectivity index (χ2n) is 4.45.